The fourth-order valence-electron chi connectivity index (χ4n) is 1.38. The highest BCUT2D eigenvalue weighted by Gasteiger charge is 2.42. The summed E-state index contributed by atoms with van der Waals surface area (Å²) >= 11 is 9.44. The van der Waals surface area contributed by atoms with E-state index < -0.39 is 0 Å². The Balaban J connectivity index is 2.48. The van der Waals surface area contributed by atoms with E-state index >= 15 is 0 Å². The van der Waals surface area contributed by atoms with Crippen LogP contribution in [0.4, 0.5) is 0 Å². The van der Waals surface area contributed by atoms with E-state index in [0.717, 1.165) is 22.4 Å². The van der Waals surface area contributed by atoms with E-state index in [9.17, 15) is 0 Å². The molecule has 1 aromatic heterocycles. The van der Waals surface area contributed by atoms with Crippen LogP contribution in [0.5, 0.6) is 0 Å². The number of hydrogen-bond donors (Lipinski definition) is 0. The van der Waals surface area contributed by atoms with Gasteiger partial charge in [-0.3, -0.25) is 0 Å². The van der Waals surface area contributed by atoms with Crippen molar-refractivity contribution in [2.45, 2.75) is 38.5 Å². The Hall–Kier alpha value is -0.150. The lowest BCUT2D eigenvalue weighted by atomic mass is 10.1. The molecule has 0 spiro atoms. The van der Waals surface area contributed by atoms with Crippen molar-refractivity contribution in [3.8, 4) is 0 Å². The fourth-order valence-corrected chi connectivity index (χ4v) is 2.03. The molecule has 1 fully saturated rings. The van der Waals surface area contributed by atoms with Gasteiger partial charge >= 0.3 is 0 Å². The third-order valence-corrected chi connectivity index (χ3v) is 4.09. The first-order valence-electron chi connectivity index (χ1n) is 4.79. The number of halogens is 2. The van der Waals surface area contributed by atoms with Gasteiger partial charge < -0.3 is 0 Å². The van der Waals surface area contributed by atoms with Crippen molar-refractivity contribution < 1.29 is 0 Å². The Morgan fingerprint density at radius 3 is 2.57 bits per heavy atom. The van der Waals surface area contributed by atoms with Gasteiger partial charge in [0.25, 0.3) is 0 Å². The van der Waals surface area contributed by atoms with Gasteiger partial charge in [0.2, 0.25) is 0 Å². The van der Waals surface area contributed by atoms with Crippen LogP contribution in [0.25, 0.3) is 0 Å². The third kappa shape index (κ3) is 1.68. The smallest absolute Gasteiger partial charge is 0.147 e. The highest BCUT2D eigenvalue weighted by Crippen LogP contribution is 2.46. The summed E-state index contributed by atoms with van der Waals surface area (Å²) in [6.45, 7) is 4.26. The highest BCUT2D eigenvalue weighted by molar-refractivity contribution is 9.10. The van der Waals surface area contributed by atoms with Crippen molar-refractivity contribution >= 4 is 27.5 Å². The predicted molar refractivity (Wildman–Crippen MR) is 60.7 cm³/mol. The highest BCUT2D eigenvalue weighted by atomic mass is 79.9. The van der Waals surface area contributed by atoms with Gasteiger partial charge in [0.1, 0.15) is 11.0 Å². The number of aromatic nitrogens is 2. The van der Waals surface area contributed by atoms with E-state index in [4.69, 9.17) is 11.6 Å². The lowest BCUT2D eigenvalue weighted by molar-refractivity contribution is 0.696. The minimum Gasteiger partial charge on any atom is -0.236 e. The van der Waals surface area contributed by atoms with Gasteiger partial charge in [-0.2, -0.15) is 0 Å². The van der Waals surface area contributed by atoms with Crippen LogP contribution in [0.15, 0.2) is 4.47 Å². The van der Waals surface area contributed by atoms with E-state index in [0.29, 0.717) is 5.15 Å². The van der Waals surface area contributed by atoms with E-state index in [1.54, 1.807) is 0 Å². The zero-order valence-corrected chi connectivity index (χ0v) is 10.6. The summed E-state index contributed by atoms with van der Waals surface area (Å²) in [5.41, 5.74) is 1.20. The van der Waals surface area contributed by atoms with Crippen molar-refractivity contribution in [3.63, 3.8) is 0 Å². The summed E-state index contributed by atoms with van der Waals surface area (Å²) in [6.07, 6.45) is 3.23. The second-order valence-electron chi connectivity index (χ2n) is 4.01. The molecule has 1 saturated carbocycles. The Kier molecular flexibility index (Phi) is 2.56. The molecule has 0 saturated heterocycles. The molecule has 2 rings (SSSR count). The summed E-state index contributed by atoms with van der Waals surface area (Å²) < 4.78 is 0.842. The zero-order valence-electron chi connectivity index (χ0n) is 8.27. The first-order valence-corrected chi connectivity index (χ1v) is 5.96. The molecule has 14 heavy (non-hydrogen) atoms. The summed E-state index contributed by atoms with van der Waals surface area (Å²) in [4.78, 5) is 8.87. The molecule has 0 N–H and O–H groups in total. The van der Waals surface area contributed by atoms with Crippen molar-refractivity contribution in [1.82, 2.24) is 9.97 Å². The van der Waals surface area contributed by atoms with Crippen LogP contribution in [-0.4, -0.2) is 9.97 Å². The van der Waals surface area contributed by atoms with Crippen molar-refractivity contribution in [2.75, 3.05) is 0 Å². The summed E-state index contributed by atoms with van der Waals surface area (Å²) in [5.74, 6) is 0.905. The number of aryl methyl sites for hydroxylation is 1. The fraction of sp³-hybridized carbons (Fsp3) is 0.600. The molecule has 76 valence electrons. The minimum absolute atomic E-state index is 0.189. The van der Waals surface area contributed by atoms with Crippen LogP contribution in [0.3, 0.4) is 0 Å². The van der Waals surface area contributed by atoms with E-state index in [2.05, 4.69) is 39.7 Å². The topological polar surface area (TPSA) is 25.8 Å². The van der Waals surface area contributed by atoms with Crippen LogP contribution >= 0.6 is 27.5 Å². The molecule has 1 aliphatic rings. The molecule has 0 aromatic carbocycles. The molecule has 1 aliphatic carbocycles. The molecular formula is C10H12BrClN2. The van der Waals surface area contributed by atoms with Crippen LogP contribution in [0.2, 0.25) is 5.15 Å². The second kappa shape index (κ2) is 3.46. The SMILES string of the molecule is CCc1nc(C2(C)CC2)nc(Cl)c1Br. The monoisotopic (exact) mass is 274 g/mol. The second-order valence-corrected chi connectivity index (χ2v) is 5.16. The molecule has 0 aliphatic heterocycles. The average molecular weight is 276 g/mol. The molecule has 1 aromatic rings. The quantitative estimate of drug-likeness (QED) is 0.772. The maximum Gasteiger partial charge on any atom is 0.147 e. The summed E-state index contributed by atoms with van der Waals surface area (Å²) in [5, 5.41) is 0.542. The van der Waals surface area contributed by atoms with Gasteiger partial charge in [-0.15, -0.1) is 0 Å². The molecule has 0 radical (unpaired) electrons. The normalized spacial score (nSPS) is 18.3. The predicted octanol–water partition coefficient (Wildman–Crippen LogP) is 3.51. The van der Waals surface area contributed by atoms with E-state index in [-0.39, 0.29) is 5.41 Å². The number of rotatable bonds is 2. The zero-order chi connectivity index (χ0) is 10.3. The third-order valence-electron chi connectivity index (χ3n) is 2.75. The van der Waals surface area contributed by atoms with Gasteiger partial charge in [0, 0.05) is 5.41 Å². The van der Waals surface area contributed by atoms with Gasteiger partial charge in [0.15, 0.2) is 0 Å². The van der Waals surface area contributed by atoms with Crippen molar-refractivity contribution in [1.29, 1.82) is 0 Å². The van der Waals surface area contributed by atoms with Gasteiger partial charge in [-0.25, -0.2) is 9.97 Å². The maximum atomic E-state index is 6.03. The van der Waals surface area contributed by atoms with E-state index in [1.165, 1.54) is 12.8 Å². The lowest BCUT2D eigenvalue weighted by Crippen LogP contribution is -2.09. The van der Waals surface area contributed by atoms with Gasteiger partial charge in [-0.05, 0) is 35.2 Å². The molecule has 1 heterocycles. The Labute approximate surface area is 97.2 Å². The first-order chi connectivity index (χ1) is 6.57. The molecule has 0 atom stereocenters. The molecular weight excluding hydrogens is 263 g/mol. The van der Waals surface area contributed by atoms with Crippen molar-refractivity contribution in [3.05, 3.63) is 21.1 Å². The number of nitrogens with zero attached hydrogens (tertiary/aromatic N) is 2. The summed E-state index contributed by atoms with van der Waals surface area (Å²) in [7, 11) is 0. The standard InChI is InChI=1S/C10H12BrClN2/c1-3-6-7(11)8(12)14-9(13-6)10(2)4-5-10/h3-5H2,1-2H3. The lowest BCUT2D eigenvalue weighted by Gasteiger charge is -2.10. The van der Waals surface area contributed by atoms with Crippen LogP contribution in [-0.2, 0) is 11.8 Å². The van der Waals surface area contributed by atoms with Gasteiger partial charge in [-0.1, -0.05) is 25.4 Å². The minimum atomic E-state index is 0.189. The maximum absolute atomic E-state index is 6.03. The molecule has 0 amide bonds. The number of hydrogen-bond acceptors (Lipinski definition) is 2. The van der Waals surface area contributed by atoms with Crippen LogP contribution < -0.4 is 0 Å². The van der Waals surface area contributed by atoms with Crippen molar-refractivity contribution in [2.24, 2.45) is 0 Å². The average Bonchev–Trinajstić information content (AvgIpc) is 2.89. The first kappa shape index (κ1) is 10.4. The molecule has 4 heteroatoms. The Bertz CT molecular complexity index is 375. The van der Waals surface area contributed by atoms with Crippen LogP contribution in [0.1, 0.15) is 38.2 Å². The molecule has 2 nitrogen and oxygen atoms in total. The largest absolute Gasteiger partial charge is 0.236 e. The van der Waals surface area contributed by atoms with Crippen LogP contribution in [0, 0.1) is 0 Å². The Morgan fingerprint density at radius 1 is 1.43 bits per heavy atom. The van der Waals surface area contributed by atoms with E-state index in [1.807, 2.05) is 0 Å². The Morgan fingerprint density at radius 2 is 2.07 bits per heavy atom. The molecule has 0 unspecified atom stereocenters. The summed E-state index contributed by atoms with van der Waals surface area (Å²) in [6, 6.07) is 0. The molecule has 0 bridgehead atoms. The van der Waals surface area contributed by atoms with Gasteiger partial charge in [0.05, 0.1) is 10.2 Å².